The number of carbonyl (C=O) groups is 1. The highest BCUT2D eigenvalue weighted by Gasteiger charge is 2.74. The average Bonchev–Trinajstić information content (AvgIpc) is 2.18. The molecule has 0 heterocycles. The molecule has 0 fully saturated rings. The van der Waals surface area contributed by atoms with Gasteiger partial charge in [0.25, 0.3) is 0 Å². The van der Waals surface area contributed by atoms with E-state index in [2.05, 4.69) is 17.0 Å². The second-order valence-electron chi connectivity index (χ2n) is 3.57. The predicted molar refractivity (Wildman–Crippen MR) is 50.9 cm³/mol. The Morgan fingerprint density at radius 3 is 1.89 bits per heavy atom. The summed E-state index contributed by atoms with van der Waals surface area (Å²) in [7, 11) is 0. The first kappa shape index (κ1) is 17.6. The summed E-state index contributed by atoms with van der Waals surface area (Å²) in [4.78, 5) is 10.4. The van der Waals surface area contributed by atoms with Crippen molar-refractivity contribution in [2.24, 2.45) is 11.1 Å². The first-order valence-electron chi connectivity index (χ1n) is 4.75. The average molecular weight is 295 g/mol. The Morgan fingerprint density at radius 1 is 1.26 bits per heavy atom. The van der Waals surface area contributed by atoms with Crippen LogP contribution in [0.2, 0.25) is 0 Å². The number of primary amides is 1. The van der Waals surface area contributed by atoms with Gasteiger partial charge in [-0.1, -0.05) is 6.08 Å². The third-order valence-corrected chi connectivity index (χ3v) is 2.45. The van der Waals surface area contributed by atoms with Crippen LogP contribution < -0.4 is 5.73 Å². The van der Waals surface area contributed by atoms with E-state index < -0.39 is 43.0 Å². The second kappa shape index (κ2) is 5.68. The molecule has 112 valence electrons. The summed E-state index contributed by atoms with van der Waals surface area (Å²) in [6.07, 6.45) is -17.7. The number of hydrogen-bond donors (Lipinski definition) is 2. The standard InChI is InChI=1S/C9H11F6NO3/c1-2-3-7(8(10,11)12,9(13,14)15)5(4-17)19-6(16)18/h2,5,17H,1,3-4H2,(H2,16,18). The lowest BCUT2D eigenvalue weighted by Crippen LogP contribution is -2.60. The van der Waals surface area contributed by atoms with E-state index in [4.69, 9.17) is 5.11 Å². The number of rotatable bonds is 5. The lowest BCUT2D eigenvalue weighted by molar-refractivity contribution is -0.366. The second-order valence-corrected chi connectivity index (χ2v) is 3.57. The normalized spacial score (nSPS) is 14.9. The van der Waals surface area contributed by atoms with Gasteiger partial charge in [0.2, 0.25) is 5.41 Å². The van der Waals surface area contributed by atoms with Crippen LogP contribution in [0.4, 0.5) is 31.1 Å². The number of hydrogen-bond acceptors (Lipinski definition) is 3. The summed E-state index contributed by atoms with van der Waals surface area (Å²) < 4.78 is 80.8. The Bertz CT molecular complexity index is 324. The minimum atomic E-state index is -5.83. The van der Waals surface area contributed by atoms with Crippen molar-refractivity contribution in [1.29, 1.82) is 0 Å². The summed E-state index contributed by atoms with van der Waals surface area (Å²) in [5, 5.41) is 8.70. The molecule has 1 unspecified atom stereocenters. The van der Waals surface area contributed by atoms with Crippen LogP contribution in [0.5, 0.6) is 0 Å². The Balaban J connectivity index is 5.95. The number of halogens is 6. The summed E-state index contributed by atoms with van der Waals surface area (Å²) in [6, 6.07) is 0. The monoisotopic (exact) mass is 295 g/mol. The van der Waals surface area contributed by atoms with E-state index in [1.165, 1.54) is 0 Å². The first-order chi connectivity index (χ1) is 8.44. The van der Waals surface area contributed by atoms with Gasteiger partial charge in [-0.3, -0.25) is 0 Å². The van der Waals surface area contributed by atoms with Gasteiger partial charge in [0.15, 0.2) is 6.10 Å². The van der Waals surface area contributed by atoms with Crippen molar-refractivity contribution in [3.63, 3.8) is 0 Å². The molecule has 0 radical (unpaired) electrons. The van der Waals surface area contributed by atoms with Crippen LogP contribution in [0, 0.1) is 5.41 Å². The van der Waals surface area contributed by atoms with Gasteiger partial charge in [-0.05, 0) is 6.42 Å². The molecule has 1 atom stereocenters. The quantitative estimate of drug-likeness (QED) is 0.603. The lowest BCUT2D eigenvalue weighted by Gasteiger charge is -2.40. The number of carbonyl (C=O) groups excluding carboxylic acids is 1. The number of amides is 1. The zero-order valence-corrected chi connectivity index (χ0v) is 9.38. The molecule has 0 aromatic rings. The maximum absolute atomic E-state index is 12.8. The van der Waals surface area contributed by atoms with Crippen LogP contribution in [0.25, 0.3) is 0 Å². The SMILES string of the molecule is C=CCC(C(CO)OC(N)=O)(C(F)(F)F)C(F)(F)F. The Kier molecular flexibility index (Phi) is 5.24. The van der Waals surface area contributed by atoms with Gasteiger partial charge in [0, 0.05) is 0 Å². The van der Waals surface area contributed by atoms with Gasteiger partial charge < -0.3 is 15.6 Å². The molecule has 0 aliphatic carbocycles. The zero-order valence-electron chi connectivity index (χ0n) is 9.38. The lowest BCUT2D eigenvalue weighted by atomic mass is 9.77. The highest BCUT2D eigenvalue weighted by Crippen LogP contribution is 2.55. The molecule has 0 aliphatic heterocycles. The third-order valence-electron chi connectivity index (χ3n) is 2.45. The molecule has 0 saturated heterocycles. The summed E-state index contributed by atoms with van der Waals surface area (Å²) in [6.45, 7) is 1.12. The van der Waals surface area contributed by atoms with Gasteiger partial charge in [-0.15, -0.1) is 6.58 Å². The summed E-state index contributed by atoms with van der Waals surface area (Å²) in [5.41, 5.74) is -0.0512. The predicted octanol–water partition coefficient (Wildman–Crippen LogP) is 2.13. The van der Waals surface area contributed by atoms with Crippen molar-refractivity contribution in [2.45, 2.75) is 24.9 Å². The van der Waals surface area contributed by atoms with Crippen LogP contribution in [0.3, 0.4) is 0 Å². The number of aliphatic hydroxyl groups excluding tert-OH is 1. The van der Waals surface area contributed by atoms with Crippen molar-refractivity contribution >= 4 is 6.09 Å². The molecular formula is C9H11F6NO3. The topological polar surface area (TPSA) is 72.6 Å². The fraction of sp³-hybridized carbons (Fsp3) is 0.667. The van der Waals surface area contributed by atoms with Crippen molar-refractivity contribution in [1.82, 2.24) is 0 Å². The van der Waals surface area contributed by atoms with E-state index in [9.17, 15) is 31.1 Å². The molecule has 0 bridgehead atoms. The van der Waals surface area contributed by atoms with Crippen molar-refractivity contribution in [2.75, 3.05) is 6.61 Å². The number of allylic oxidation sites excluding steroid dienone is 1. The molecule has 0 aliphatic rings. The molecule has 10 heteroatoms. The fourth-order valence-corrected chi connectivity index (χ4v) is 1.55. The minimum Gasteiger partial charge on any atom is -0.443 e. The summed E-state index contributed by atoms with van der Waals surface area (Å²) >= 11 is 0. The molecule has 1 amide bonds. The zero-order chi connectivity index (χ0) is 15.5. The number of aliphatic hydroxyl groups is 1. The van der Waals surface area contributed by atoms with Gasteiger partial charge in [0.1, 0.15) is 0 Å². The Morgan fingerprint density at radius 2 is 1.68 bits per heavy atom. The van der Waals surface area contributed by atoms with E-state index in [1.807, 2.05) is 0 Å². The van der Waals surface area contributed by atoms with Crippen LogP contribution in [0.15, 0.2) is 12.7 Å². The molecule has 0 saturated carbocycles. The molecule has 3 N–H and O–H groups in total. The van der Waals surface area contributed by atoms with Gasteiger partial charge in [-0.2, -0.15) is 26.3 Å². The van der Waals surface area contributed by atoms with E-state index in [1.54, 1.807) is 0 Å². The molecule has 0 rings (SSSR count). The molecular weight excluding hydrogens is 284 g/mol. The van der Waals surface area contributed by atoms with Crippen molar-refractivity contribution in [3.8, 4) is 0 Å². The van der Waals surface area contributed by atoms with E-state index in [0.29, 0.717) is 6.08 Å². The van der Waals surface area contributed by atoms with Gasteiger partial charge >= 0.3 is 18.4 Å². The highest BCUT2D eigenvalue weighted by atomic mass is 19.4. The minimum absolute atomic E-state index is 0.369. The van der Waals surface area contributed by atoms with Crippen LogP contribution in [-0.2, 0) is 4.74 Å². The highest BCUT2D eigenvalue weighted by molar-refractivity contribution is 5.65. The van der Waals surface area contributed by atoms with Crippen LogP contribution in [0.1, 0.15) is 6.42 Å². The van der Waals surface area contributed by atoms with Crippen LogP contribution >= 0.6 is 0 Å². The molecule has 19 heavy (non-hydrogen) atoms. The molecule has 0 spiro atoms. The molecule has 0 aromatic carbocycles. The summed E-state index contributed by atoms with van der Waals surface area (Å²) in [5.74, 6) is 0. The third kappa shape index (κ3) is 3.31. The van der Waals surface area contributed by atoms with E-state index in [0.717, 1.165) is 0 Å². The Labute approximate surface area is 103 Å². The smallest absolute Gasteiger partial charge is 0.407 e. The van der Waals surface area contributed by atoms with Crippen molar-refractivity contribution in [3.05, 3.63) is 12.7 Å². The fourth-order valence-electron chi connectivity index (χ4n) is 1.55. The van der Waals surface area contributed by atoms with Crippen LogP contribution in [-0.4, -0.2) is 36.3 Å². The Hall–Kier alpha value is -1.45. The van der Waals surface area contributed by atoms with E-state index >= 15 is 0 Å². The van der Waals surface area contributed by atoms with E-state index in [-0.39, 0.29) is 0 Å². The number of alkyl halides is 6. The number of ether oxygens (including phenoxy) is 1. The first-order valence-corrected chi connectivity index (χ1v) is 4.75. The van der Waals surface area contributed by atoms with Crippen molar-refractivity contribution < 1.29 is 41.0 Å². The molecule has 4 nitrogen and oxygen atoms in total. The largest absolute Gasteiger partial charge is 0.443 e. The maximum atomic E-state index is 12.8. The van der Waals surface area contributed by atoms with Gasteiger partial charge in [0.05, 0.1) is 6.61 Å². The molecule has 0 aromatic heterocycles. The maximum Gasteiger partial charge on any atom is 0.407 e. The number of nitrogens with two attached hydrogens (primary N) is 1. The van der Waals surface area contributed by atoms with Gasteiger partial charge in [-0.25, -0.2) is 4.79 Å².